The van der Waals surface area contributed by atoms with E-state index in [1.54, 1.807) is 17.1 Å². The molecule has 2 aliphatic rings. The van der Waals surface area contributed by atoms with E-state index in [4.69, 9.17) is 9.84 Å². The van der Waals surface area contributed by atoms with Crippen LogP contribution in [0.1, 0.15) is 12.8 Å². The van der Waals surface area contributed by atoms with Gasteiger partial charge in [0, 0.05) is 6.54 Å². The van der Waals surface area contributed by atoms with Crippen molar-refractivity contribution in [2.45, 2.75) is 25.0 Å². The zero-order chi connectivity index (χ0) is 9.26. The molecule has 2 fully saturated rings. The summed E-state index contributed by atoms with van der Waals surface area (Å²) in [5.41, 5.74) is 0. The molecule has 0 spiro atoms. The van der Waals surface area contributed by atoms with E-state index in [1.165, 1.54) is 0 Å². The van der Waals surface area contributed by atoms with Crippen molar-refractivity contribution in [2.75, 3.05) is 13.2 Å². The molecule has 0 saturated carbocycles. The molecular formula is C9H13NO3. The second-order valence-corrected chi connectivity index (χ2v) is 3.36. The smallest absolute Gasteiger partial charge is 0.410 e. The Morgan fingerprint density at radius 1 is 1.69 bits per heavy atom. The van der Waals surface area contributed by atoms with E-state index in [1.807, 2.05) is 0 Å². The summed E-state index contributed by atoms with van der Waals surface area (Å²) in [5, 5.41) is 8.59. The summed E-state index contributed by atoms with van der Waals surface area (Å²) in [6, 6.07) is 0.204. The number of rotatable bonds is 2. The standard InChI is InChI=1S/C9H13NO3/c11-6-2-4-8-7-3-1-5-10(7)9(12)13-8/h2,4,7-8,11H,1,3,5-6H2/b4-2+/t7-,8+/m0/s1. The third kappa shape index (κ3) is 1.42. The van der Waals surface area contributed by atoms with Gasteiger partial charge in [0.15, 0.2) is 0 Å². The largest absolute Gasteiger partial charge is 0.440 e. The Balaban J connectivity index is 2.06. The molecule has 1 N–H and O–H groups in total. The molecule has 0 aromatic carbocycles. The molecule has 0 aromatic rings. The maximum atomic E-state index is 11.2. The van der Waals surface area contributed by atoms with E-state index < -0.39 is 0 Å². The van der Waals surface area contributed by atoms with Gasteiger partial charge in [-0.15, -0.1) is 0 Å². The van der Waals surface area contributed by atoms with Crippen LogP contribution in [0.5, 0.6) is 0 Å². The molecule has 4 heteroatoms. The molecular weight excluding hydrogens is 170 g/mol. The molecule has 2 atom stereocenters. The number of hydrogen-bond acceptors (Lipinski definition) is 3. The van der Waals surface area contributed by atoms with Crippen LogP contribution < -0.4 is 0 Å². The number of hydrogen-bond donors (Lipinski definition) is 1. The second kappa shape index (κ2) is 3.38. The average Bonchev–Trinajstić information content (AvgIpc) is 2.67. The average molecular weight is 183 g/mol. The highest BCUT2D eigenvalue weighted by Crippen LogP contribution is 2.29. The SMILES string of the molecule is O=C1O[C@H](/C=C/CO)[C@@H]2CCCN12. The van der Waals surface area contributed by atoms with Crippen molar-refractivity contribution in [3.63, 3.8) is 0 Å². The normalized spacial score (nSPS) is 32.7. The minimum absolute atomic E-state index is 0.000764. The summed E-state index contributed by atoms with van der Waals surface area (Å²) >= 11 is 0. The van der Waals surface area contributed by atoms with Crippen LogP contribution in [0.2, 0.25) is 0 Å². The van der Waals surface area contributed by atoms with Gasteiger partial charge in [-0.3, -0.25) is 0 Å². The monoisotopic (exact) mass is 183 g/mol. The van der Waals surface area contributed by atoms with E-state index in [0.29, 0.717) is 0 Å². The number of cyclic esters (lactones) is 1. The summed E-state index contributed by atoms with van der Waals surface area (Å²) in [6.07, 6.45) is 5.10. The Morgan fingerprint density at radius 3 is 3.31 bits per heavy atom. The summed E-state index contributed by atoms with van der Waals surface area (Å²) in [7, 11) is 0. The van der Waals surface area contributed by atoms with Gasteiger partial charge in [-0.05, 0) is 18.9 Å². The molecule has 4 nitrogen and oxygen atoms in total. The number of amides is 1. The topological polar surface area (TPSA) is 49.8 Å². The van der Waals surface area contributed by atoms with E-state index in [0.717, 1.165) is 19.4 Å². The molecule has 0 aliphatic carbocycles. The number of nitrogens with zero attached hydrogens (tertiary/aromatic N) is 1. The fraction of sp³-hybridized carbons (Fsp3) is 0.667. The Morgan fingerprint density at radius 2 is 2.54 bits per heavy atom. The maximum absolute atomic E-state index is 11.2. The van der Waals surface area contributed by atoms with Gasteiger partial charge in [0.05, 0.1) is 12.6 Å². The van der Waals surface area contributed by atoms with Gasteiger partial charge >= 0.3 is 6.09 Å². The predicted molar refractivity (Wildman–Crippen MR) is 46.2 cm³/mol. The van der Waals surface area contributed by atoms with Crippen LogP contribution in [0.4, 0.5) is 4.79 Å². The van der Waals surface area contributed by atoms with E-state index in [9.17, 15) is 4.79 Å². The number of carbonyl (C=O) groups excluding carboxylic acids is 1. The van der Waals surface area contributed by atoms with Gasteiger partial charge in [0.1, 0.15) is 6.10 Å². The lowest BCUT2D eigenvalue weighted by Gasteiger charge is -2.12. The summed E-state index contributed by atoms with van der Waals surface area (Å²) < 4.78 is 5.12. The summed E-state index contributed by atoms with van der Waals surface area (Å²) in [4.78, 5) is 13.0. The quantitative estimate of drug-likeness (QED) is 0.635. The van der Waals surface area contributed by atoms with Crippen molar-refractivity contribution < 1.29 is 14.6 Å². The van der Waals surface area contributed by atoms with E-state index >= 15 is 0 Å². The van der Waals surface area contributed by atoms with Gasteiger partial charge < -0.3 is 14.7 Å². The number of ether oxygens (including phenoxy) is 1. The van der Waals surface area contributed by atoms with Gasteiger partial charge in [0.25, 0.3) is 0 Å². The molecule has 0 bridgehead atoms. The van der Waals surface area contributed by atoms with E-state index in [2.05, 4.69) is 0 Å². The van der Waals surface area contributed by atoms with Crippen LogP contribution in [-0.4, -0.2) is 41.4 Å². The van der Waals surface area contributed by atoms with Crippen molar-refractivity contribution >= 4 is 6.09 Å². The predicted octanol–water partition coefficient (Wildman–Crippen LogP) is 0.518. The van der Waals surface area contributed by atoms with E-state index in [-0.39, 0.29) is 24.8 Å². The minimum Gasteiger partial charge on any atom is -0.440 e. The third-order valence-electron chi connectivity index (χ3n) is 2.58. The second-order valence-electron chi connectivity index (χ2n) is 3.36. The lowest BCUT2D eigenvalue weighted by molar-refractivity contribution is 0.143. The highest BCUT2D eigenvalue weighted by molar-refractivity contribution is 5.71. The van der Waals surface area contributed by atoms with Crippen molar-refractivity contribution in [3.05, 3.63) is 12.2 Å². The van der Waals surface area contributed by atoms with Crippen LogP contribution in [0.25, 0.3) is 0 Å². The number of carbonyl (C=O) groups is 1. The molecule has 13 heavy (non-hydrogen) atoms. The number of aliphatic hydroxyl groups is 1. The van der Waals surface area contributed by atoms with Crippen molar-refractivity contribution in [2.24, 2.45) is 0 Å². The molecule has 2 aliphatic heterocycles. The Hall–Kier alpha value is -1.03. The van der Waals surface area contributed by atoms with Crippen molar-refractivity contribution in [1.82, 2.24) is 4.90 Å². The number of fused-ring (bicyclic) bond motifs is 1. The van der Waals surface area contributed by atoms with Crippen LogP contribution in [0.3, 0.4) is 0 Å². The molecule has 72 valence electrons. The molecule has 2 rings (SSSR count). The van der Waals surface area contributed by atoms with Gasteiger partial charge in [-0.2, -0.15) is 0 Å². The zero-order valence-electron chi connectivity index (χ0n) is 7.35. The first-order valence-corrected chi connectivity index (χ1v) is 4.57. The van der Waals surface area contributed by atoms with Crippen LogP contribution in [0.15, 0.2) is 12.2 Å². The Kier molecular flexibility index (Phi) is 2.22. The van der Waals surface area contributed by atoms with Gasteiger partial charge in [0.2, 0.25) is 0 Å². The number of aliphatic hydroxyl groups excluding tert-OH is 1. The minimum atomic E-state index is -0.213. The van der Waals surface area contributed by atoms with Gasteiger partial charge in [-0.25, -0.2) is 4.79 Å². The Labute approximate surface area is 76.8 Å². The van der Waals surface area contributed by atoms with Gasteiger partial charge in [-0.1, -0.05) is 6.08 Å². The molecule has 0 radical (unpaired) electrons. The summed E-state index contributed by atoms with van der Waals surface area (Å²) in [6.45, 7) is 0.813. The molecule has 2 heterocycles. The van der Waals surface area contributed by atoms with Crippen molar-refractivity contribution in [3.8, 4) is 0 Å². The molecule has 0 aromatic heterocycles. The lowest BCUT2D eigenvalue weighted by atomic mass is 10.1. The fourth-order valence-corrected chi connectivity index (χ4v) is 1.99. The fourth-order valence-electron chi connectivity index (χ4n) is 1.99. The molecule has 0 unspecified atom stereocenters. The van der Waals surface area contributed by atoms with Crippen LogP contribution >= 0.6 is 0 Å². The third-order valence-corrected chi connectivity index (χ3v) is 2.58. The van der Waals surface area contributed by atoms with Crippen LogP contribution in [-0.2, 0) is 4.74 Å². The lowest BCUT2D eigenvalue weighted by Crippen LogP contribution is -2.29. The molecule has 1 amide bonds. The first-order valence-electron chi connectivity index (χ1n) is 4.57. The highest BCUT2D eigenvalue weighted by Gasteiger charge is 2.42. The maximum Gasteiger partial charge on any atom is 0.410 e. The Bertz CT molecular complexity index is 239. The first kappa shape index (κ1) is 8.56. The summed E-state index contributed by atoms with van der Waals surface area (Å²) in [5.74, 6) is 0. The van der Waals surface area contributed by atoms with Crippen LogP contribution in [0, 0.1) is 0 Å². The molecule has 2 saturated heterocycles. The van der Waals surface area contributed by atoms with Crippen molar-refractivity contribution in [1.29, 1.82) is 0 Å². The zero-order valence-corrected chi connectivity index (χ0v) is 7.35. The highest BCUT2D eigenvalue weighted by atomic mass is 16.6. The first-order chi connectivity index (χ1) is 6.33.